The van der Waals surface area contributed by atoms with Gasteiger partial charge in [-0.2, -0.15) is 10.2 Å². The first-order valence-corrected chi connectivity index (χ1v) is 12.0. The van der Waals surface area contributed by atoms with Gasteiger partial charge in [-0.15, -0.1) is 0 Å². The van der Waals surface area contributed by atoms with Gasteiger partial charge in [-0.25, -0.2) is 23.1 Å². The number of nitriles is 1. The summed E-state index contributed by atoms with van der Waals surface area (Å²) in [5, 5.41) is 12.9. The molecule has 5 aromatic rings. The molecule has 0 bridgehead atoms. The van der Waals surface area contributed by atoms with E-state index in [9.17, 15) is 18.8 Å². The van der Waals surface area contributed by atoms with E-state index in [4.69, 9.17) is 10.5 Å². The number of carbonyl (C=O) groups is 1. The number of fused-ring (bicyclic) bond motifs is 1. The molecule has 5 rings (SSSR count). The number of anilines is 2. The number of benzene rings is 2. The van der Waals surface area contributed by atoms with Crippen molar-refractivity contribution in [1.29, 1.82) is 5.26 Å². The zero-order valence-corrected chi connectivity index (χ0v) is 21.4. The molecule has 0 spiro atoms. The molecular formula is C29H20F3N7O2. The third-order valence-electron chi connectivity index (χ3n) is 6.27. The number of pyridine rings is 1. The Bertz CT molecular complexity index is 1860. The molecule has 0 aliphatic rings. The zero-order chi connectivity index (χ0) is 29.3. The minimum atomic E-state index is -2.85. The average Bonchev–Trinajstić information content (AvgIpc) is 3.28. The molecule has 3 aromatic heterocycles. The van der Waals surface area contributed by atoms with E-state index in [1.165, 1.54) is 18.3 Å². The van der Waals surface area contributed by atoms with E-state index in [-0.39, 0.29) is 23.0 Å². The summed E-state index contributed by atoms with van der Waals surface area (Å²) in [4.78, 5) is 23.3. The summed E-state index contributed by atoms with van der Waals surface area (Å²) in [6.45, 7) is 3.44. The normalized spacial score (nSPS) is 10.9. The fourth-order valence-electron chi connectivity index (χ4n) is 4.48. The second-order valence-electron chi connectivity index (χ2n) is 8.76. The second-order valence-corrected chi connectivity index (χ2v) is 8.76. The average molecular weight is 556 g/mol. The lowest BCUT2D eigenvalue weighted by molar-refractivity contribution is -0.111. The maximum atomic E-state index is 15.4. The molecule has 0 aliphatic carbocycles. The fraction of sp³-hybridized carbons (Fsp3) is 0.0690. The molecule has 0 saturated carbocycles. The number of halogens is 3. The lowest BCUT2D eigenvalue weighted by atomic mass is 9.97. The third kappa shape index (κ3) is 5.04. The van der Waals surface area contributed by atoms with Crippen LogP contribution in [0.1, 0.15) is 17.7 Å². The standard InChI is InChI=1S/C29H20F3N7O2/c1-3-22(40)37-18-7-4-15(5-8-18)25-23(24-26(39(25)2)17(13-33)14-36-28(24)34)16-6-9-21(19(30)12-16)41-29-35-11-10-20(38-29)27(31)32/h3-12,14,27H,1H2,2H3,(H2,34,36)(H,37,40). The molecule has 41 heavy (non-hydrogen) atoms. The SMILES string of the molecule is C=CC(=O)Nc1ccc(-c2c(-c3ccc(Oc4nccc(C(F)F)n4)c(F)c3)c3c(N)ncc(C#N)c3n2C)cc1. The molecule has 1 amide bonds. The molecular weight excluding hydrogens is 535 g/mol. The largest absolute Gasteiger partial charge is 0.421 e. The topological polar surface area (TPSA) is 132 Å². The third-order valence-corrected chi connectivity index (χ3v) is 6.27. The van der Waals surface area contributed by atoms with Crippen LogP contribution >= 0.6 is 0 Å². The number of amides is 1. The van der Waals surface area contributed by atoms with Crippen LogP contribution in [0.3, 0.4) is 0 Å². The first-order chi connectivity index (χ1) is 19.7. The van der Waals surface area contributed by atoms with Crippen molar-refractivity contribution >= 4 is 28.3 Å². The van der Waals surface area contributed by atoms with E-state index in [2.05, 4.69) is 32.9 Å². The lowest BCUT2D eigenvalue weighted by Gasteiger charge is -2.12. The summed E-state index contributed by atoms with van der Waals surface area (Å²) in [5.74, 6) is -1.34. The van der Waals surface area contributed by atoms with Crippen LogP contribution in [0.15, 0.2) is 73.6 Å². The first-order valence-electron chi connectivity index (χ1n) is 12.0. The minimum Gasteiger partial charge on any atom is -0.421 e. The van der Waals surface area contributed by atoms with Gasteiger partial charge in [-0.3, -0.25) is 4.79 Å². The summed E-state index contributed by atoms with van der Waals surface area (Å²) in [5.41, 5.74) is 9.17. The Hall–Kier alpha value is -5.70. The van der Waals surface area contributed by atoms with Gasteiger partial charge < -0.3 is 20.4 Å². The summed E-state index contributed by atoms with van der Waals surface area (Å²) >= 11 is 0. The Labute approximate surface area is 231 Å². The van der Waals surface area contributed by atoms with Gasteiger partial charge >= 0.3 is 6.01 Å². The predicted molar refractivity (Wildman–Crippen MR) is 147 cm³/mol. The van der Waals surface area contributed by atoms with E-state index >= 15 is 4.39 Å². The summed E-state index contributed by atoms with van der Waals surface area (Å²) < 4.78 is 48.5. The van der Waals surface area contributed by atoms with Gasteiger partial charge in [0.2, 0.25) is 5.91 Å². The number of hydrogen-bond acceptors (Lipinski definition) is 7. The Balaban J connectivity index is 1.66. The van der Waals surface area contributed by atoms with Gasteiger partial charge in [0.25, 0.3) is 6.43 Å². The van der Waals surface area contributed by atoms with Gasteiger partial charge in [0.1, 0.15) is 17.6 Å². The van der Waals surface area contributed by atoms with Gasteiger partial charge in [0.05, 0.1) is 22.2 Å². The van der Waals surface area contributed by atoms with E-state index in [0.29, 0.717) is 39.0 Å². The first kappa shape index (κ1) is 26.9. The number of nitrogen functional groups attached to an aromatic ring is 1. The van der Waals surface area contributed by atoms with Crippen molar-refractivity contribution in [1.82, 2.24) is 19.5 Å². The van der Waals surface area contributed by atoms with Crippen molar-refractivity contribution in [3.63, 3.8) is 0 Å². The van der Waals surface area contributed by atoms with Crippen LogP contribution in [0.25, 0.3) is 33.3 Å². The molecule has 3 N–H and O–H groups in total. The smallest absolute Gasteiger partial charge is 0.322 e. The number of rotatable bonds is 7. The van der Waals surface area contributed by atoms with E-state index < -0.39 is 23.9 Å². The highest BCUT2D eigenvalue weighted by Gasteiger charge is 2.24. The zero-order valence-electron chi connectivity index (χ0n) is 21.4. The van der Waals surface area contributed by atoms with Crippen molar-refractivity contribution in [3.8, 4) is 40.2 Å². The summed E-state index contributed by atoms with van der Waals surface area (Å²) in [6, 6.07) is 13.7. The van der Waals surface area contributed by atoms with Crippen molar-refractivity contribution < 1.29 is 22.7 Å². The Morgan fingerprint density at radius 2 is 1.90 bits per heavy atom. The monoisotopic (exact) mass is 555 g/mol. The predicted octanol–water partition coefficient (Wildman–Crippen LogP) is 6.14. The molecule has 0 radical (unpaired) electrons. The van der Waals surface area contributed by atoms with Crippen molar-refractivity contribution in [2.24, 2.45) is 7.05 Å². The highest BCUT2D eigenvalue weighted by Crippen LogP contribution is 2.44. The lowest BCUT2D eigenvalue weighted by Crippen LogP contribution is -2.06. The van der Waals surface area contributed by atoms with Crippen LogP contribution in [0.4, 0.5) is 24.7 Å². The molecule has 0 atom stereocenters. The fourth-order valence-corrected chi connectivity index (χ4v) is 4.48. The number of nitrogens with zero attached hydrogens (tertiary/aromatic N) is 5. The highest BCUT2D eigenvalue weighted by molar-refractivity contribution is 6.10. The molecule has 0 saturated heterocycles. The number of nitrogens with two attached hydrogens (primary N) is 1. The van der Waals surface area contributed by atoms with Crippen LogP contribution < -0.4 is 15.8 Å². The number of nitrogens with one attached hydrogen (secondary N) is 1. The second kappa shape index (κ2) is 10.8. The van der Waals surface area contributed by atoms with Gasteiger partial charge in [-0.1, -0.05) is 24.8 Å². The molecule has 0 aliphatic heterocycles. The maximum absolute atomic E-state index is 15.4. The molecule has 0 unspecified atom stereocenters. The highest BCUT2D eigenvalue weighted by atomic mass is 19.3. The molecule has 9 nitrogen and oxygen atoms in total. The van der Waals surface area contributed by atoms with Crippen molar-refractivity contribution in [3.05, 3.63) is 90.7 Å². The number of carbonyl (C=O) groups excluding carboxylic acids is 1. The van der Waals surface area contributed by atoms with Crippen LogP contribution in [0, 0.1) is 17.1 Å². The Morgan fingerprint density at radius 1 is 1.17 bits per heavy atom. The van der Waals surface area contributed by atoms with Gasteiger partial charge in [-0.05, 0) is 47.5 Å². The molecule has 3 heterocycles. The number of aryl methyl sites for hydroxylation is 1. The van der Waals surface area contributed by atoms with Crippen LogP contribution in [0.5, 0.6) is 11.8 Å². The van der Waals surface area contributed by atoms with E-state index in [0.717, 1.165) is 18.3 Å². The molecule has 204 valence electrons. The van der Waals surface area contributed by atoms with Crippen molar-refractivity contribution in [2.75, 3.05) is 11.1 Å². The van der Waals surface area contributed by atoms with Gasteiger partial charge in [0, 0.05) is 30.7 Å². The van der Waals surface area contributed by atoms with E-state index in [1.54, 1.807) is 41.9 Å². The minimum absolute atomic E-state index is 0.128. The number of hydrogen-bond donors (Lipinski definition) is 2. The Morgan fingerprint density at radius 3 is 2.56 bits per heavy atom. The van der Waals surface area contributed by atoms with Crippen molar-refractivity contribution in [2.45, 2.75) is 6.43 Å². The van der Waals surface area contributed by atoms with E-state index in [1.807, 2.05) is 0 Å². The van der Waals surface area contributed by atoms with Gasteiger partial charge in [0.15, 0.2) is 11.6 Å². The van der Waals surface area contributed by atoms with Crippen LogP contribution in [-0.2, 0) is 11.8 Å². The quantitative estimate of drug-likeness (QED) is 0.230. The molecule has 12 heteroatoms. The van der Waals surface area contributed by atoms with Crippen LogP contribution in [-0.4, -0.2) is 25.4 Å². The number of aromatic nitrogens is 4. The molecule has 2 aromatic carbocycles. The maximum Gasteiger partial charge on any atom is 0.322 e. The molecule has 0 fully saturated rings. The summed E-state index contributed by atoms with van der Waals surface area (Å²) in [7, 11) is 1.75. The van der Waals surface area contributed by atoms with Crippen LogP contribution in [0.2, 0.25) is 0 Å². The number of ether oxygens (including phenoxy) is 1. The summed E-state index contributed by atoms with van der Waals surface area (Å²) in [6.07, 6.45) is 0.764. The Kier molecular flexibility index (Phi) is 7.09. The number of alkyl halides is 2.